The van der Waals surface area contributed by atoms with Crippen molar-refractivity contribution < 1.29 is 8.83 Å². The molecule has 0 unspecified atom stereocenters. The minimum Gasteiger partial charge on any atom is -0.452 e. The van der Waals surface area contributed by atoms with Crippen LogP contribution in [0.15, 0.2) is 167 Å². The maximum Gasteiger partial charge on any atom is 0.178 e. The van der Waals surface area contributed by atoms with E-state index in [1.807, 2.05) is 0 Å². The average Bonchev–Trinajstić information content (AvgIpc) is 3.92. The summed E-state index contributed by atoms with van der Waals surface area (Å²) in [5, 5.41) is 9.13. The number of rotatable bonds is 8. The van der Waals surface area contributed by atoms with Gasteiger partial charge in [-0.05, 0) is 185 Å². The second kappa shape index (κ2) is 18.2. The first-order valence-electron chi connectivity index (χ1n) is 27.6. The topological polar surface area (TPSA) is 32.8 Å². The van der Waals surface area contributed by atoms with Crippen LogP contribution in [0.3, 0.4) is 0 Å². The van der Waals surface area contributed by atoms with Gasteiger partial charge in [0.15, 0.2) is 11.2 Å². The van der Waals surface area contributed by atoms with Gasteiger partial charge in [-0.25, -0.2) is 0 Å². The molecule has 76 heavy (non-hydrogen) atoms. The van der Waals surface area contributed by atoms with E-state index in [0.29, 0.717) is 0 Å². The number of fused-ring (bicyclic) bond motifs is 9. The summed E-state index contributed by atoms with van der Waals surface area (Å²) in [6, 6.07) is 59.2. The van der Waals surface area contributed by atoms with Gasteiger partial charge in [-0.15, -0.1) is 0 Å². The van der Waals surface area contributed by atoms with E-state index in [1.54, 1.807) is 0 Å². The third kappa shape index (κ3) is 9.02. The van der Waals surface area contributed by atoms with Crippen LogP contribution in [0.4, 0.5) is 34.1 Å². The van der Waals surface area contributed by atoms with Gasteiger partial charge in [0.2, 0.25) is 0 Å². The molecule has 2 heterocycles. The van der Waals surface area contributed by atoms with E-state index >= 15 is 0 Å². The van der Waals surface area contributed by atoms with E-state index in [0.717, 1.165) is 88.8 Å². The zero-order valence-electron chi connectivity index (χ0n) is 47.9. The van der Waals surface area contributed by atoms with Crippen molar-refractivity contribution in [2.24, 2.45) is 0 Å². The lowest BCUT2D eigenvalue weighted by Gasteiger charge is -2.29. The highest BCUT2D eigenvalue weighted by Gasteiger charge is 2.29. The van der Waals surface area contributed by atoms with Gasteiger partial charge in [-0.1, -0.05) is 171 Å². The van der Waals surface area contributed by atoms with Gasteiger partial charge in [-0.2, -0.15) is 0 Å². The van der Waals surface area contributed by atoms with Gasteiger partial charge in [-0.3, -0.25) is 0 Å². The monoisotopic (exact) mass is 1000 g/mol. The molecule has 0 amide bonds. The highest BCUT2D eigenvalue weighted by atomic mass is 16.4. The van der Waals surface area contributed by atoms with Crippen LogP contribution in [0.5, 0.6) is 0 Å². The van der Waals surface area contributed by atoms with Crippen LogP contribution in [0, 0.1) is 0 Å². The van der Waals surface area contributed by atoms with Crippen molar-refractivity contribution >= 4 is 99.5 Å². The second-order valence-electron chi connectivity index (χ2n) is 26.4. The average molecular weight is 1000 g/mol. The molecule has 4 heteroatoms. The predicted octanol–water partition coefficient (Wildman–Crippen LogP) is 22.2. The van der Waals surface area contributed by atoms with E-state index in [9.17, 15) is 0 Å². The molecular formula is C72H76N2O2. The molecule has 0 atom stereocenters. The molecule has 0 bridgehead atoms. The van der Waals surface area contributed by atoms with E-state index < -0.39 is 0 Å². The molecule has 386 valence electrons. The van der Waals surface area contributed by atoms with Crippen LogP contribution in [-0.2, 0) is 21.7 Å². The highest BCUT2D eigenvalue weighted by molar-refractivity contribution is 6.24. The lowest BCUT2D eigenvalue weighted by atomic mass is 9.84. The summed E-state index contributed by atoms with van der Waals surface area (Å²) >= 11 is 0. The molecule has 0 radical (unpaired) electrons. The molecule has 0 aliphatic rings. The molecular weight excluding hydrogens is 925 g/mol. The Morgan fingerprint density at radius 2 is 0.645 bits per heavy atom. The van der Waals surface area contributed by atoms with Crippen molar-refractivity contribution in [3.8, 4) is 0 Å². The van der Waals surface area contributed by atoms with Crippen molar-refractivity contribution in [3.05, 3.63) is 191 Å². The van der Waals surface area contributed by atoms with Gasteiger partial charge < -0.3 is 18.6 Å². The standard InChI is InChI=1S/C72H76N2O2/c1-43(2)63-64(44(3)4)66-60-38-46-24-30-58(74(54-33-27-50(28-34-54)70(8,9)10)56-22-18-20-52(42-56)72(14,15)16)36-48(46)40-62(60)76-68(66)67-65(63)59-37-45-23-29-57(35-47(45)39-61(59)75-67)73(53-31-25-49(26-32-53)69(5,6)7)55-21-17-19-51(41-55)71(11,12)13/h17-44H,1-16H3. The fourth-order valence-corrected chi connectivity index (χ4v) is 11.6. The van der Waals surface area contributed by atoms with Crippen molar-refractivity contribution in [1.29, 1.82) is 0 Å². The van der Waals surface area contributed by atoms with Gasteiger partial charge in [0.25, 0.3) is 0 Å². The number of nitrogens with zero attached hydrogens (tertiary/aromatic N) is 2. The van der Waals surface area contributed by atoms with Crippen LogP contribution < -0.4 is 9.80 Å². The molecule has 0 spiro atoms. The van der Waals surface area contributed by atoms with Gasteiger partial charge in [0.1, 0.15) is 11.2 Å². The van der Waals surface area contributed by atoms with E-state index in [4.69, 9.17) is 8.83 Å². The Hall–Kier alpha value is -7.30. The summed E-state index contributed by atoms with van der Waals surface area (Å²) in [7, 11) is 0. The van der Waals surface area contributed by atoms with Crippen molar-refractivity contribution in [3.63, 3.8) is 0 Å². The Morgan fingerprint density at radius 3 is 0.974 bits per heavy atom. The fourth-order valence-electron chi connectivity index (χ4n) is 11.6. The normalized spacial score (nSPS) is 13.0. The summed E-state index contributed by atoms with van der Waals surface area (Å²) in [5.74, 6) is 0.469. The molecule has 0 fully saturated rings. The van der Waals surface area contributed by atoms with Gasteiger partial charge in [0.05, 0.1) is 0 Å². The largest absolute Gasteiger partial charge is 0.452 e. The first kappa shape index (κ1) is 50.8. The maximum atomic E-state index is 7.19. The summed E-state index contributed by atoms with van der Waals surface area (Å²) < 4.78 is 14.4. The zero-order valence-corrected chi connectivity index (χ0v) is 47.9. The van der Waals surface area contributed by atoms with E-state index in [1.165, 1.54) is 44.2 Å². The number of furan rings is 2. The third-order valence-corrected chi connectivity index (χ3v) is 15.9. The molecule has 11 aromatic rings. The number of benzene rings is 9. The molecule has 2 aromatic heterocycles. The summed E-state index contributed by atoms with van der Waals surface area (Å²) in [5.41, 5.74) is 18.0. The number of anilines is 6. The minimum atomic E-state index is 0.00183. The van der Waals surface area contributed by atoms with E-state index in [-0.39, 0.29) is 33.5 Å². The smallest absolute Gasteiger partial charge is 0.178 e. The van der Waals surface area contributed by atoms with Gasteiger partial charge >= 0.3 is 0 Å². The number of hydrogen-bond donors (Lipinski definition) is 0. The Balaban J connectivity index is 1.09. The summed E-state index contributed by atoms with van der Waals surface area (Å²) in [4.78, 5) is 4.79. The molecule has 0 saturated carbocycles. The minimum absolute atomic E-state index is 0.00183. The Kier molecular flexibility index (Phi) is 12.2. The van der Waals surface area contributed by atoms with Crippen LogP contribution in [0.25, 0.3) is 65.4 Å². The molecule has 4 nitrogen and oxygen atoms in total. The Morgan fingerprint density at radius 1 is 0.316 bits per heavy atom. The lowest BCUT2D eigenvalue weighted by molar-refractivity contribution is 0.590. The van der Waals surface area contributed by atoms with Crippen molar-refractivity contribution in [2.75, 3.05) is 9.80 Å². The van der Waals surface area contributed by atoms with Crippen LogP contribution in [0.1, 0.15) is 156 Å². The molecule has 0 saturated heterocycles. The Labute approximate surface area is 451 Å². The Bertz CT molecular complexity index is 3760. The molecule has 0 N–H and O–H groups in total. The van der Waals surface area contributed by atoms with Crippen LogP contribution in [-0.4, -0.2) is 0 Å². The quantitative estimate of drug-likeness (QED) is 0.152. The lowest BCUT2D eigenvalue weighted by Crippen LogP contribution is -2.15. The highest BCUT2D eigenvalue weighted by Crippen LogP contribution is 2.50. The maximum absolute atomic E-state index is 7.19. The van der Waals surface area contributed by atoms with Crippen LogP contribution in [0.2, 0.25) is 0 Å². The first-order valence-corrected chi connectivity index (χ1v) is 27.6. The number of hydrogen-bond acceptors (Lipinski definition) is 4. The predicted molar refractivity (Wildman–Crippen MR) is 328 cm³/mol. The molecule has 9 aromatic carbocycles. The molecule has 0 aliphatic carbocycles. The summed E-state index contributed by atoms with van der Waals surface area (Å²) in [6.07, 6.45) is 0. The van der Waals surface area contributed by atoms with Crippen molar-refractivity contribution in [1.82, 2.24) is 0 Å². The van der Waals surface area contributed by atoms with Crippen LogP contribution >= 0.6 is 0 Å². The first-order chi connectivity index (χ1) is 35.8. The fraction of sp³-hybridized carbons (Fsp3) is 0.306. The molecule has 11 rings (SSSR count). The third-order valence-electron chi connectivity index (χ3n) is 15.9. The van der Waals surface area contributed by atoms with Gasteiger partial charge in [0, 0.05) is 55.7 Å². The molecule has 0 aliphatic heterocycles. The SMILES string of the molecule is CC(C)c1c(C(C)C)c2c3cc4ccc(N(c5ccc(C(C)(C)C)cc5)c5cccc(C(C)(C)C)c5)cc4cc3oc2c2oc3cc4cc(N(c5ccc(C(C)(C)C)cc5)c5cccc(C(C)(C)C)c5)ccc4cc3c12. The van der Waals surface area contributed by atoms with Crippen molar-refractivity contribution in [2.45, 2.75) is 144 Å². The summed E-state index contributed by atoms with van der Waals surface area (Å²) in [6.45, 7) is 36.6. The zero-order chi connectivity index (χ0) is 54.0. The van der Waals surface area contributed by atoms with E-state index in [2.05, 4.69) is 278 Å². The second-order valence-corrected chi connectivity index (χ2v) is 26.4.